The topological polar surface area (TPSA) is 55.4 Å². The minimum absolute atomic E-state index is 0.0859. The number of allylic oxidation sites excluding steroid dienone is 2. The van der Waals surface area contributed by atoms with Crippen LogP contribution in [-0.4, -0.2) is 25.5 Å². The molecule has 0 heterocycles. The number of carbonyl (C=O) groups is 2. The van der Waals surface area contributed by atoms with Crippen LogP contribution in [0, 0.1) is 0 Å². The summed E-state index contributed by atoms with van der Waals surface area (Å²) in [5.41, 5.74) is 1.10. The molecule has 0 atom stereocenters. The Labute approximate surface area is 138 Å². The zero-order valence-corrected chi connectivity index (χ0v) is 13.7. The van der Waals surface area contributed by atoms with Crippen molar-refractivity contribution < 1.29 is 14.3 Å². The van der Waals surface area contributed by atoms with Gasteiger partial charge < -0.3 is 10.1 Å². The lowest BCUT2D eigenvalue weighted by molar-refractivity contribution is -0.140. The standard InChI is InChI=1S/C19H25NO3/c1-23-19(22)15-7-2-3-10-16-20-18(21)14-9-8-13-17-11-5-4-6-12-17/h4-6,8-9,11-14H,2-3,7,10,15-16H2,1H3,(H,20,21)/b13-8+,14-9+. The number of hydrogen-bond acceptors (Lipinski definition) is 3. The van der Waals surface area contributed by atoms with Crippen LogP contribution in [0.15, 0.2) is 48.6 Å². The van der Waals surface area contributed by atoms with Crippen LogP contribution in [-0.2, 0) is 14.3 Å². The number of ether oxygens (including phenoxy) is 1. The molecule has 0 bridgehead atoms. The molecule has 1 amide bonds. The summed E-state index contributed by atoms with van der Waals surface area (Å²) in [6, 6.07) is 9.92. The lowest BCUT2D eigenvalue weighted by atomic mass is 10.1. The number of unbranched alkanes of at least 4 members (excludes halogenated alkanes) is 3. The first kappa shape index (κ1) is 18.7. The van der Waals surface area contributed by atoms with Gasteiger partial charge in [-0.15, -0.1) is 0 Å². The highest BCUT2D eigenvalue weighted by atomic mass is 16.5. The van der Waals surface area contributed by atoms with E-state index in [2.05, 4.69) is 10.1 Å². The van der Waals surface area contributed by atoms with Crippen LogP contribution >= 0.6 is 0 Å². The number of nitrogens with one attached hydrogen (secondary N) is 1. The third kappa shape index (κ3) is 10.1. The van der Waals surface area contributed by atoms with Gasteiger partial charge in [0.2, 0.25) is 5.91 Å². The number of esters is 1. The molecule has 0 spiro atoms. The van der Waals surface area contributed by atoms with Crippen LogP contribution in [0.1, 0.15) is 37.7 Å². The first-order chi connectivity index (χ1) is 11.2. The Kier molecular flexibility index (Phi) is 9.92. The summed E-state index contributed by atoms with van der Waals surface area (Å²) < 4.78 is 4.58. The van der Waals surface area contributed by atoms with E-state index in [1.165, 1.54) is 13.2 Å². The van der Waals surface area contributed by atoms with Crippen LogP contribution in [0.3, 0.4) is 0 Å². The number of hydrogen-bond donors (Lipinski definition) is 1. The Morgan fingerprint density at radius 3 is 2.52 bits per heavy atom. The zero-order chi connectivity index (χ0) is 16.8. The van der Waals surface area contributed by atoms with Gasteiger partial charge in [0.15, 0.2) is 0 Å². The van der Waals surface area contributed by atoms with Crippen molar-refractivity contribution in [2.75, 3.05) is 13.7 Å². The number of amides is 1. The minimum Gasteiger partial charge on any atom is -0.469 e. The van der Waals surface area contributed by atoms with E-state index in [-0.39, 0.29) is 11.9 Å². The molecule has 1 rings (SSSR count). The molecule has 0 fully saturated rings. The Morgan fingerprint density at radius 2 is 1.78 bits per heavy atom. The molecule has 23 heavy (non-hydrogen) atoms. The van der Waals surface area contributed by atoms with Gasteiger partial charge in [-0.3, -0.25) is 9.59 Å². The smallest absolute Gasteiger partial charge is 0.305 e. The molecule has 0 aliphatic carbocycles. The monoisotopic (exact) mass is 315 g/mol. The van der Waals surface area contributed by atoms with Crippen molar-refractivity contribution in [3.63, 3.8) is 0 Å². The molecule has 0 saturated carbocycles. The van der Waals surface area contributed by atoms with Gasteiger partial charge in [-0.1, -0.05) is 61.4 Å². The fourth-order valence-corrected chi connectivity index (χ4v) is 1.99. The third-order valence-corrected chi connectivity index (χ3v) is 3.28. The summed E-state index contributed by atoms with van der Waals surface area (Å²) in [7, 11) is 1.40. The molecular formula is C19H25NO3. The van der Waals surface area contributed by atoms with Crippen molar-refractivity contribution >= 4 is 18.0 Å². The van der Waals surface area contributed by atoms with E-state index in [1.807, 2.05) is 42.5 Å². The van der Waals surface area contributed by atoms with Gasteiger partial charge in [0, 0.05) is 19.0 Å². The summed E-state index contributed by atoms with van der Waals surface area (Å²) >= 11 is 0. The Hall–Kier alpha value is -2.36. The molecule has 0 unspecified atom stereocenters. The van der Waals surface area contributed by atoms with E-state index in [9.17, 15) is 9.59 Å². The average Bonchev–Trinajstić information content (AvgIpc) is 2.58. The van der Waals surface area contributed by atoms with E-state index >= 15 is 0 Å². The van der Waals surface area contributed by atoms with Gasteiger partial charge in [0.1, 0.15) is 0 Å². The first-order valence-corrected chi connectivity index (χ1v) is 7.97. The Bertz CT molecular complexity index is 521. The molecule has 4 nitrogen and oxygen atoms in total. The van der Waals surface area contributed by atoms with Crippen LogP contribution in [0.5, 0.6) is 0 Å². The predicted molar refractivity (Wildman–Crippen MR) is 92.7 cm³/mol. The summed E-state index contributed by atoms with van der Waals surface area (Å²) in [5.74, 6) is -0.246. The molecule has 0 radical (unpaired) electrons. The van der Waals surface area contributed by atoms with Crippen molar-refractivity contribution in [3.05, 3.63) is 54.1 Å². The lowest BCUT2D eigenvalue weighted by Gasteiger charge is -2.02. The second-order valence-corrected chi connectivity index (χ2v) is 5.16. The fourth-order valence-electron chi connectivity index (χ4n) is 1.99. The highest BCUT2D eigenvalue weighted by Crippen LogP contribution is 2.03. The van der Waals surface area contributed by atoms with Gasteiger partial charge in [0.05, 0.1) is 7.11 Å². The Morgan fingerprint density at radius 1 is 1.04 bits per heavy atom. The first-order valence-electron chi connectivity index (χ1n) is 7.97. The molecule has 0 saturated heterocycles. The van der Waals surface area contributed by atoms with Gasteiger partial charge in [0.25, 0.3) is 0 Å². The van der Waals surface area contributed by atoms with E-state index in [0.29, 0.717) is 13.0 Å². The van der Waals surface area contributed by atoms with E-state index < -0.39 is 0 Å². The zero-order valence-electron chi connectivity index (χ0n) is 13.7. The van der Waals surface area contributed by atoms with Crippen molar-refractivity contribution in [1.82, 2.24) is 5.32 Å². The van der Waals surface area contributed by atoms with Gasteiger partial charge >= 0.3 is 5.97 Å². The van der Waals surface area contributed by atoms with Crippen molar-refractivity contribution in [2.24, 2.45) is 0 Å². The number of carbonyl (C=O) groups excluding carboxylic acids is 2. The van der Waals surface area contributed by atoms with Crippen LogP contribution in [0.25, 0.3) is 6.08 Å². The summed E-state index contributed by atoms with van der Waals surface area (Å²) in [5, 5.41) is 2.84. The molecule has 0 aliphatic rings. The summed E-state index contributed by atoms with van der Waals surface area (Å²) in [4.78, 5) is 22.5. The maximum absolute atomic E-state index is 11.6. The van der Waals surface area contributed by atoms with Crippen molar-refractivity contribution in [2.45, 2.75) is 32.1 Å². The molecule has 4 heteroatoms. The highest BCUT2D eigenvalue weighted by molar-refractivity contribution is 5.87. The second kappa shape index (κ2) is 12.2. The number of methoxy groups -OCH3 is 1. The van der Waals surface area contributed by atoms with Crippen LogP contribution in [0.2, 0.25) is 0 Å². The molecule has 124 valence electrons. The Balaban J connectivity index is 2.05. The largest absolute Gasteiger partial charge is 0.469 e. The molecule has 0 aliphatic heterocycles. The normalized spacial score (nSPS) is 11.0. The fraction of sp³-hybridized carbons (Fsp3) is 0.368. The van der Waals surface area contributed by atoms with Gasteiger partial charge in [-0.05, 0) is 18.4 Å². The van der Waals surface area contributed by atoms with Crippen molar-refractivity contribution in [3.8, 4) is 0 Å². The lowest BCUT2D eigenvalue weighted by Crippen LogP contribution is -2.21. The predicted octanol–water partition coefficient (Wildman–Crippen LogP) is 3.50. The second-order valence-electron chi connectivity index (χ2n) is 5.16. The minimum atomic E-state index is -0.160. The molecule has 0 aromatic heterocycles. The van der Waals surface area contributed by atoms with Gasteiger partial charge in [-0.25, -0.2) is 0 Å². The van der Waals surface area contributed by atoms with Gasteiger partial charge in [-0.2, -0.15) is 0 Å². The summed E-state index contributed by atoms with van der Waals surface area (Å²) in [6.07, 6.45) is 11.3. The maximum Gasteiger partial charge on any atom is 0.305 e. The molecular weight excluding hydrogens is 290 g/mol. The SMILES string of the molecule is COC(=O)CCCCCCNC(=O)/C=C/C=C/c1ccccc1. The average molecular weight is 315 g/mol. The van der Waals surface area contributed by atoms with E-state index in [1.54, 1.807) is 6.08 Å². The quantitative estimate of drug-likeness (QED) is 0.311. The van der Waals surface area contributed by atoms with E-state index in [4.69, 9.17) is 0 Å². The number of rotatable bonds is 10. The molecule has 1 aromatic carbocycles. The van der Waals surface area contributed by atoms with Crippen molar-refractivity contribution in [1.29, 1.82) is 0 Å². The molecule has 1 N–H and O–H groups in total. The number of benzene rings is 1. The highest BCUT2D eigenvalue weighted by Gasteiger charge is 1.99. The van der Waals surface area contributed by atoms with Crippen LogP contribution < -0.4 is 5.32 Å². The van der Waals surface area contributed by atoms with Crippen LogP contribution in [0.4, 0.5) is 0 Å². The maximum atomic E-state index is 11.6. The summed E-state index contributed by atoms with van der Waals surface area (Å²) in [6.45, 7) is 0.657. The third-order valence-electron chi connectivity index (χ3n) is 3.28. The molecule has 1 aromatic rings. The van der Waals surface area contributed by atoms with E-state index in [0.717, 1.165) is 31.2 Å².